The smallest absolute Gasteiger partial charge is 0.175 e. The minimum atomic E-state index is -3.27. The van der Waals surface area contributed by atoms with Gasteiger partial charge < -0.3 is 5.11 Å². The zero-order valence-electron chi connectivity index (χ0n) is 10.6. The molecule has 0 aliphatic carbocycles. The van der Waals surface area contributed by atoms with Gasteiger partial charge in [-0.05, 0) is 36.4 Å². The fourth-order valence-electron chi connectivity index (χ4n) is 1.57. The van der Waals surface area contributed by atoms with Crippen LogP contribution >= 0.6 is 11.6 Å². The first-order chi connectivity index (χ1) is 9.36. The lowest BCUT2D eigenvalue weighted by Crippen LogP contribution is -1.95. The largest absolute Gasteiger partial charge is 0.507 e. The van der Waals surface area contributed by atoms with E-state index >= 15 is 0 Å². The molecular weight excluding hydrogens is 298 g/mol. The topological polar surface area (TPSA) is 66.7 Å². The summed E-state index contributed by atoms with van der Waals surface area (Å²) in [6, 6.07) is 10.9. The Morgan fingerprint density at radius 2 is 1.95 bits per heavy atom. The molecule has 2 rings (SSSR count). The summed E-state index contributed by atoms with van der Waals surface area (Å²) in [5.41, 5.74) is 0.939. The lowest BCUT2D eigenvalue weighted by Gasteiger charge is -2.01. The summed E-state index contributed by atoms with van der Waals surface area (Å²) in [5, 5.41) is 10.1. The summed E-state index contributed by atoms with van der Waals surface area (Å²) in [7, 11) is -3.27. The zero-order valence-corrected chi connectivity index (χ0v) is 12.2. The highest BCUT2D eigenvalue weighted by Gasteiger charge is 2.06. The highest BCUT2D eigenvalue weighted by Crippen LogP contribution is 2.22. The van der Waals surface area contributed by atoms with Crippen molar-refractivity contribution in [3.8, 4) is 5.75 Å². The van der Waals surface area contributed by atoms with E-state index in [1.165, 1.54) is 24.4 Å². The van der Waals surface area contributed by atoms with Crippen molar-refractivity contribution in [1.82, 2.24) is 0 Å². The molecule has 4 nitrogen and oxygen atoms in total. The van der Waals surface area contributed by atoms with Crippen LogP contribution in [0, 0.1) is 0 Å². The number of phenolic OH excluding ortho intramolecular Hbond substituents is 1. The second kappa shape index (κ2) is 5.64. The summed E-state index contributed by atoms with van der Waals surface area (Å²) in [5.74, 6) is 0.0532. The summed E-state index contributed by atoms with van der Waals surface area (Å²) < 4.78 is 22.9. The SMILES string of the molecule is CS(=O)(=O)c1cccc(N=Cc2cc(Cl)ccc2O)c1. The fourth-order valence-corrected chi connectivity index (χ4v) is 2.41. The van der Waals surface area contributed by atoms with Gasteiger partial charge in [-0.25, -0.2) is 8.42 Å². The van der Waals surface area contributed by atoms with Crippen LogP contribution in [0.3, 0.4) is 0 Å². The monoisotopic (exact) mass is 309 g/mol. The number of halogens is 1. The Morgan fingerprint density at radius 3 is 2.65 bits per heavy atom. The van der Waals surface area contributed by atoms with E-state index in [0.29, 0.717) is 16.3 Å². The van der Waals surface area contributed by atoms with Gasteiger partial charge >= 0.3 is 0 Å². The zero-order chi connectivity index (χ0) is 14.8. The van der Waals surface area contributed by atoms with E-state index < -0.39 is 9.84 Å². The van der Waals surface area contributed by atoms with Gasteiger partial charge in [-0.2, -0.15) is 0 Å². The molecule has 0 aliphatic heterocycles. The van der Waals surface area contributed by atoms with Gasteiger partial charge in [0.1, 0.15) is 5.75 Å². The molecule has 0 saturated heterocycles. The number of aromatic hydroxyl groups is 1. The number of sulfone groups is 1. The quantitative estimate of drug-likeness (QED) is 0.885. The van der Waals surface area contributed by atoms with Gasteiger partial charge in [0.05, 0.1) is 10.6 Å². The first kappa shape index (κ1) is 14.6. The van der Waals surface area contributed by atoms with Gasteiger partial charge in [0.15, 0.2) is 9.84 Å². The number of hydrogen-bond acceptors (Lipinski definition) is 4. The molecule has 1 N–H and O–H groups in total. The van der Waals surface area contributed by atoms with Crippen LogP contribution < -0.4 is 0 Å². The Bertz CT molecular complexity index is 770. The Morgan fingerprint density at radius 1 is 1.20 bits per heavy atom. The maximum absolute atomic E-state index is 11.4. The highest BCUT2D eigenvalue weighted by atomic mass is 35.5. The van der Waals surface area contributed by atoms with Gasteiger partial charge in [0.2, 0.25) is 0 Å². The van der Waals surface area contributed by atoms with Crippen molar-refractivity contribution < 1.29 is 13.5 Å². The number of rotatable bonds is 3. The van der Waals surface area contributed by atoms with Gasteiger partial charge in [0, 0.05) is 23.1 Å². The maximum Gasteiger partial charge on any atom is 0.175 e. The predicted molar refractivity (Wildman–Crippen MR) is 79.9 cm³/mol. The van der Waals surface area contributed by atoms with E-state index in [2.05, 4.69) is 4.99 Å². The van der Waals surface area contributed by atoms with Crippen LogP contribution in [-0.4, -0.2) is 26.0 Å². The van der Waals surface area contributed by atoms with Crippen molar-refractivity contribution in [3.05, 3.63) is 53.1 Å². The third-order valence-corrected chi connectivity index (χ3v) is 3.93. The number of nitrogens with zero attached hydrogens (tertiary/aromatic N) is 1. The molecule has 104 valence electrons. The molecule has 6 heteroatoms. The molecular formula is C14H12ClNO3S. The molecule has 20 heavy (non-hydrogen) atoms. The fraction of sp³-hybridized carbons (Fsp3) is 0.0714. The molecule has 0 aliphatic rings. The molecule has 0 aromatic heterocycles. The summed E-state index contributed by atoms with van der Waals surface area (Å²) in [6.45, 7) is 0. The minimum absolute atomic E-state index is 0.0532. The molecule has 0 unspecified atom stereocenters. The van der Waals surface area contributed by atoms with Crippen LogP contribution in [-0.2, 0) is 9.84 Å². The van der Waals surface area contributed by atoms with Crippen molar-refractivity contribution in [2.75, 3.05) is 6.26 Å². The molecule has 2 aromatic rings. The third kappa shape index (κ3) is 3.59. The average Bonchev–Trinajstić information content (AvgIpc) is 2.39. The summed E-state index contributed by atoms with van der Waals surface area (Å²) >= 11 is 5.83. The van der Waals surface area contributed by atoms with Crippen LogP contribution in [0.1, 0.15) is 5.56 Å². The van der Waals surface area contributed by atoms with Crippen molar-refractivity contribution in [2.24, 2.45) is 4.99 Å². The number of aliphatic imine (C=N–C) groups is 1. The molecule has 0 amide bonds. The Balaban J connectivity index is 2.35. The first-order valence-electron chi connectivity index (χ1n) is 5.69. The van der Waals surface area contributed by atoms with E-state index in [0.717, 1.165) is 6.26 Å². The van der Waals surface area contributed by atoms with E-state index in [1.54, 1.807) is 24.3 Å². The Hall–Kier alpha value is -1.85. The van der Waals surface area contributed by atoms with Crippen LogP contribution in [0.4, 0.5) is 5.69 Å². The van der Waals surface area contributed by atoms with Gasteiger partial charge in [0.25, 0.3) is 0 Å². The number of hydrogen-bond donors (Lipinski definition) is 1. The van der Waals surface area contributed by atoms with Crippen LogP contribution in [0.5, 0.6) is 5.75 Å². The molecule has 0 spiro atoms. The normalized spacial score (nSPS) is 11.9. The summed E-state index contributed by atoms with van der Waals surface area (Å²) in [6.07, 6.45) is 2.57. The van der Waals surface area contributed by atoms with Crippen LogP contribution in [0.25, 0.3) is 0 Å². The molecule has 0 bridgehead atoms. The standard InChI is InChI=1S/C14H12ClNO3S/c1-20(18,19)13-4-2-3-12(8-13)16-9-10-7-11(15)5-6-14(10)17/h2-9,17H,1H3. The minimum Gasteiger partial charge on any atom is -0.507 e. The van der Waals surface area contributed by atoms with E-state index in [4.69, 9.17) is 11.6 Å². The predicted octanol–water partition coefficient (Wildman–Crippen LogP) is 3.20. The number of phenols is 1. The third-order valence-electron chi connectivity index (χ3n) is 2.59. The highest BCUT2D eigenvalue weighted by molar-refractivity contribution is 7.90. The van der Waals surface area contributed by atoms with Crippen molar-refractivity contribution >= 4 is 33.3 Å². The molecule has 0 atom stereocenters. The van der Waals surface area contributed by atoms with E-state index in [1.807, 2.05) is 0 Å². The first-order valence-corrected chi connectivity index (χ1v) is 7.96. The molecule has 0 heterocycles. The van der Waals surface area contributed by atoms with E-state index in [9.17, 15) is 13.5 Å². The number of benzene rings is 2. The molecule has 0 radical (unpaired) electrons. The summed E-state index contributed by atoms with van der Waals surface area (Å²) in [4.78, 5) is 4.34. The van der Waals surface area contributed by atoms with Crippen molar-refractivity contribution in [1.29, 1.82) is 0 Å². The molecule has 0 fully saturated rings. The van der Waals surface area contributed by atoms with Gasteiger partial charge in [-0.15, -0.1) is 0 Å². The van der Waals surface area contributed by atoms with Gasteiger partial charge in [-0.1, -0.05) is 17.7 Å². The lowest BCUT2D eigenvalue weighted by molar-refractivity contribution is 0.474. The Labute approximate surface area is 122 Å². The maximum atomic E-state index is 11.4. The van der Waals surface area contributed by atoms with Crippen molar-refractivity contribution in [3.63, 3.8) is 0 Å². The second-order valence-electron chi connectivity index (χ2n) is 4.23. The van der Waals surface area contributed by atoms with Gasteiger partial charge in [-0.3, -0.25) is 4.99 Å². The molecule has 2 aromatic carbocycles. The van der Waals surface area contributed by atoms with E-state index in [-0.39, 0.29) is 10.6 Å². The van der Waals surface area contributed by atoms with Crippen LogP contribution in [0.2, 0.25) is 5.02 Å². The lowest BCUT2D eigenvalue weighted by atomic mass is 10.2. The Kier molecular flexibility index (Phi) is 4.11. The molecule has 0 saturated carbocycles. The van der Waals surface area contributed by atoms with Crippen molar-refractivity contribution in [2.45, 2.75) is 4.90 Å². The average molecular weight is 310 g/mol. The second-order valence-corrected chi connectivity index (χ2v) is 6.68. The van der Waals surface area contributed by atoms with Crippen LogP contribution in [0.15, 0.2) is 52.4 Å².